The molecule has 0 aromatic carbocycles. The number of aromatic nitrogens is 2. The summed E-state index contributed by atoms with van der Waals surface area (Å²) in [5.41, 5.74) is -1.82. The number of alkyl halides is 6. The number of guanidine groups is 1. The van der Waals surface area contributed by atoms with Gasteiger partial charge in [-0.3, -0.25) is 4.99 Å². The van der Waals surface area contributed by atoms with Crippen LogP contribution in [0.2, 0.25) is 0 Å². The lowest BCUT2D eigenvalue weighted by Gasteiger charge is -2.10. The molecule has 0 bridgehead atoms. The van der Waals surface area contributed by atoms with E-state index in [1.807, 2.05) is 6.92 Å². The van der Waals surface area contributed by atoms with Crippen LogP contribution in [0.25, 0.3) is 0 Å². The van der Waals surface area contributed by atoms with Crippen LogP contribution in [0.5, 0.6) is 0 Å². The van der Waals surface area contributed by atoms with Crippen LogP contribution in [0.3, 0.4) is 0 Å². The Hall–Kier alpha value is -1.89. The highest BCUT2D eigenvalue weighted by atomic mass is 32.1. The third-order valence-corrected chi connectivity index (χ3v) is 5.07. The molecule has 0 saturated heterocycles. The number of nitrogens with zero attached hydrogens (tertiary/aromatic N) is 3. The van der Waals surface area contributed by atoms with Gasteiger partial charge in [0.25, 0.3) is 0 Å². The lowest BCUT2D eigenvalue weighted by Crippen LogP contribution is -2.38. The zero-order chi connectivity index (χ0) is 20.8. The standard InChI is InChI=1S/C15H17F6N5S2/c1-2-22-13(23-5-3-11-25-9(7-27-11)14(16,17)18)24-6-4-12-26-10(8-28-12)15(19,20)21/h7-8H,2-6H2,1H3,(H2,22,23,24). The highest BCUT2D eigenvalue weighted by molar-refractivity contribution is 7.09. The number of aliphatic imine (C=N–C) groups is 1. The van der Waals surface area contributed by atoms with E-state index in [0.29, 0.717) is 29.1 Å². The van der Waals surface area contributed by atoms with E-state index in [4.69, 9.17) is 0 Å². The molecule has 0 saturated carbocycles. The number of hydrogen-bond acceptors (Lipinski definition) is 5. The Morgan fingerprint density at radius 2 is 1.46 bits per heavy atom. The van der Waals surface area contributed by atoms with Crippen molar-refractivity contribution in [2.24, 2.45) is 4.99 Å². The number of rotatable bonds is 7. The number of thiazole rings is 2. The van der Waals surface area contributed by atoms with Crippen molar-refractivity contribution in [3.05, 3.63) is 32.2 Å². The molecule has 2 N–H and O–H groups in total. The van der Waals surface area contributed by atoms with Gasteiger partial charge in [-0.25, -0.2) is 9.97 Å². The van der Waals surface area contributed by atoms with Gasteiger partial charge in [0.2, 0.25) is 0 Å². The van der Waals surface area contributed by atoms with Gasteiger partial charge in [-0.15, -0.1) is 22.7 Å². The average molecular weight is 445 g/mol. The summed E-state index contributed by atoms with van der Waals surface area (Å²) in [4.78, 5) is 11.3. The summed E-state index contributed by atoms with van der Waals surface area (Å²) in [6.45, 7) is 2.92. The quantitative estimate of drug-likeness (QED) is 0.385. The van der Waals surface area contributed by atoms with Crippen LogP contribution in [-0.2, 0) is 25.2 Å². The normalized spacial score (nSPS) is 13.0. The van der Waals surface area contributed by atoms with E-state index in [1.165, 1.54) is 0 Å². The molecule has 2 heterocycles. The molecule has 5 nitrogen and oxygen atoms in total. The Kier molecular flexibility index (Phi) is 7.63. The third kappa shape index (κ3) is 6.93. The molecule has 2 aromatic heterocycles. The van der Waals surface area contributed by atoms with Crippen LogP contribution in [0.4, 0.5) is 26.3 Å². The molecular weight excluding hydrogens is 428 g/mol. The van der Waals surface area contributed by atoms with Gasteiger partial charge in [-0.2, -0.15) is 26.3 Å². The van der Waals surface area contributed by atoms with Crippen molar-refractivity contribution in [2.45, 2.75) is 32.1 Å². The van der Waals surface area contributed by atoms with Gasteiger partial charge in [0.05, 0.1) is 10.0 Å². The zero-order valence-electron chi connectivity index (χ0n) is 14.6. The van der Waals surface area contributed by atoms with Crippen LogP contribution in [0.1, 0.15) is 28.3 Å². The Morgan fingerprint density at radius 1 is 0.929 bits per heavy atom. The van der Waals surface area contributed by atoms with Gasteiger partial charge >= 0.3 is 12.4 Å². The van der Waals surface area contributed by atoms with E-state index in [0.717, 1.165) is 33.4 Å². The van der Waals surface area contributed by atoms with Gasteiger partial charge in [0.1, 0.15) is 0 Å². The van der Waals surface area contributed by atoms with Crippen LogP contribution < -0.4 is 10.6 Å². The van der Waals surface area contributed by atoms with E-state index in [2.05, 4.69) is 25.6 Å². The summed E-state index contributed by atoms with van der Waals surface area (Å²) in [5, 5.41) is 8.53. The molecule has 13 heteroatoms. The van der Waals surface area contributed by atoms with Crippen molar-refractivity contribution in [2.75, 3.05) is 19.6 Å². The highest BCUT2D eigenvalue weighted by Gasteiger charge is 2.34. The lowest BCUT2D eigenvalue weighted by atomic mass is 10.4. The number of nitrogens with one attached hydrogen (secondary N) is 2. The minimum Gasteiger partial charge on any atom is -0.357 e. The molecule has 28 heavy (non-hydrogen) atoms. The van der Waals surface area contributed by atoms with Crippen LogP contribution in [-0.4, -0.2) is 35.6 Å². The predicted molar refractivity (Wildman–Crippen MR) is 95.6 cm³/mol. The molecule has 0 aliphatic rings. The van der Waals surface area contributed by atoms with Crippen molar-refractivity contribution < 1.29 is 26.3 Å². The Labute approximate surface area is 164 Å². The Balaban J connectivity index is 1.83. The largest absolute Gasteiger partial charge is 0.434 e. The molecular formula is C15H17F6N5S2. The van der Waals surface area contributed by atoms with Gasteiger partial charge in [0.15, 0.2) is 17.3 Å². The summed E-state index contributed by atoms with van der Waals surface area (Å²) in [6, 6.07) is 0. The summed E-state index contributed by atoms with van der Waals surface area (Å²) < 4.78 is 75.2. The van der Waals surface area contributed by atoms with Crippen molar-refractivity contribution in [3.8, 4) is 0 Å². The molecule has 0 amide bonds. The van der Waals surface area contributed by atoms with Gasteiger partial charge in [-0.1, -0.05) is 0 Å². The van der Waals surface area contributed by atoms with Crippen molar-refractivity contribution in [1.82, 2.24) is 20.6 Å². The summed E-state index contributed by atoms with van der Waals surface area (Å²) >= 11 is 1.85. The van der Waals surface area contributed by atoms with Gasteiger partial charge < -0.3 is 10.6 Å². The number of halogens is 6. The second kappa shape index (κ2) is 9.54. The monoisotopic (exact) mass is 445 g/mol. The second-order valence-corrected chi connectivity index (χ2v) is 7.32. The molecule has 2 rings (SSSR count). The first-order chi connectivity index (χ1) is 13.1. The first kappa shape index (κ1) is 22.4. The maximum absolute atomic E-state index is 12.5. The maximum atomic E-state index is 12.5. The van der Waals surface area contributed by atoms with E-state index in [9.17, 15) is 26.3 Å². The Bertz CT molecular complexity index is 780. The van der Waals surface area contributed by atoms with E-state index >= 15 is 0 Å². The van der Waals surface area contributed by atoms with E-state index < -0.39 is 23.7 Å². The van der Waals surface area contributed by atoms with E-state index in [-0.39, 0.29) is 19.4 Å². The minimum atomic E-state index is -4.46. The molecule has 0 fully saturated rings. The molecule has 0 atom stereocenters. The summed E-state index contributed by atoms with van der Waals surface area (Å²) in [7, 11) is 0. The number of hydrogen-bond donors (Lipinski definition) is 2. The zero-order valence-corrected chi connectivity index (χ0v) is 16.2. The van der Waals surface area contributed by atoms with Crippen molar-refractivity contribution in [1.29, 1.82) is 0 Å². The molecule has 0 radical (unpaired) electrons. The van der Waals surface area contributed by atoms with Crippen molar-refractivity contribution >= 4 is 28.6 Å². The van der Waals surface area contributed by atoms with E-state index in [1.54, 1.807) is 0 Å². The molecule has 0 spiro atoms. The predicted octanol–water partition coefficient (Wildman–Crippen LogP) is 3.98. The topological polar surface area (TPSA) is 62.2 Å². The van der Waals surface area contributed by atoms with Gasteiger partial charge in [-0.05, 0) is 6.92 Å². The Morgan fingerprint density at radius 3 is 1.93 bits per heavy atom. The molecule has 2 aromatic rings. The third-order valence-electron chi connectivity index (χ3n) is 3.26. The summed E-state index contributed by atoms with van der Waals surface area (Å²) in [6.07, 6.45) is -8.39. The van der Waals surface area contributed by atoms with Crippen LogP contribution >= 0.6 is 22.7 Å². The SMILES string of the molecule is CCNC(=NCCc1nc(C(F)(F)F)cs1)NCCc1nc(C(F)(F)F)cs1. The average Bonchev–Trinajstić information content (AvgIpc) is 3.23. The van der Waals surface area contributed by atoms with Crippen LogP contribution in [0.15, 0.2) is 15.8 Å². The first-order valence-corrected chi connectivity index (χ1v) is 9.91. The molecule has 0 aliphatic carbocycles. The molecule has 0 aliphatic heterocycles. The smallest absolute Gasteiger partial charge is 0.357 e. The second-order valence-electron chi connectivity index (χ2n) is 5.44. The molecule has 156 valence electrons. The van der Waals surface area contributed by atoms with Crippen molar-refractivity contribution in [3.63, 3.8) is 0 Å². The molecule has 0 unspecified atom stereocenters. The fourth-order valence-corrected chi connectivity index (χ4v) is 3.60. The van der Waals surface area contributed by atoms with Gasteiger partial charge in [0, 0.05) is 43.2 Å². The highest BCUT2D eigenvalue weighted by Crippen LogP contribution is 2.30. The maximum Gasteiger partial charge on any atom is 0.434 e. The lowest BCUT2D eigenvalue weighted by molar-refractivity contribution is -0.141. The fraction of sp³-hybridized carbons (Fsp3) is 0.533. The first-order valence-electron chi connectivity index (χ1n) is 8.15. The fourth-order valence-electron chi connectivity index (χ4n) is 2.00. The minimum absolute atomic E-state index is 0.218. The van der Waals surface area contributed by atoms with Crippen LogP contribution in [0, 0.1) is 0 Å². The summed E-state index contributed by atoms with van der Waals surface area (Å²) in [5.74, 6) is 0.419.